The largest absolute Gasteiger partial charge is 0.424 e. The summed E-state index contributed by atoms with van der Waals surface area (Å²) < 4.78 is 11.1. The van der Waals surface area contributed by atoms with Gasteiger partial charge in [-0.1, -0.05) is 33.8 Å². The Bertz CT molecular complexity index is 1230. The molecular formula is C31H42O6. The summed E-state index contributed by atoms with van der Waals surface area (Å²) in [7, 11) is 1.59. The lowest BCUT2D eigenvalue weighted by molar-refractivity contribution is -0.154. The second-order valence-corrected chi connectivity index (χ2v) is 12.8. The van der Waals surface area contributed by atoms with E-state index in [1.807, 2.05) is 6.92 Å². The fourth-order valence-corrected chi connectivity index (χ4v) is 8.04. The van der Waals surface area contributed by atoms with E-state index in [9.17, 15) is 19.5 Å². The zero-order valence-electron chi connectivity index (χ0n) is 23.6. The number of aryl methyl sites for hydroxylation is 1. The number of ether oxygens (including phenoxy) is 1. The van der Waals surface area contributed by atoms with Gasteiger partial charge in [0.05, 0.1) is 6.10 Å². The Hall–Kier alpha value is -2.31. The maximum absolute atomic E-state index is 13.6. The fourth-order valence-electron chi connectivity index (χ4n) is 8.04. The second-order valence-electron chi connectivity index (χ2n) is 12.8. The van der Waals surface area contributed by atoms with Gasteiger partial charge in [-0.2, -0.15) is 0 Å². The molecule has 1 aromatic rings. The number of rotatable bonds is 5. The van der Waals surface area contributed by atoms with Crippen molar-refractivity contribution in [3.8, 4) is 0 Å². The van der Waals surface area contributed by atoms with Gasteiger partial charge in [-0.3, -0.25) is 9.59 Å². The standard InChI is InChI=1S/C31H42O6/c1-18-9-10-25(37-27(18)34)31(7,35)16-11-21(36-8)19(2)26-20(32)17-23-29(5)15-13-24(33)28(3,4)22(29)12-14-30(23,26)6/h9-11,16,21-23,35H,12-15,17H2,1-8H3/b16-11+,26-19-/t21-,22-,23-,29-,30-,31-/m0/s1. The quantitative estimate of drug-likeness (QED) is 0.419. The molecule has 6 atom stereocenters. The van der Waals surface area contributed by atoms with Crippen LogP contribution >= 0.6 is 0 Å². The normalized spacial score (nSPS) is 35.2. The number of hydrogen-bond donors (Lipinski definition) is 1. The number of allylic oxidation sites excluding steroid dienone is 1. The molecule has 4 rings (SSSR count). The molecule has 0 spiro atoms. The summed E-state index contributed by atoms with van der Waals surface area (Å²) in [6, 6.07) is 3.22. The predicted octanol–water partition coefficient (Wildman–Crippen LogP) is 5.44. The van der Waals surface area contributed by atoms with E-state index < -0.39 is 17.3 Å². The minimum atomic E-state index is -1.52. The number of fused-ring (bicyclic) bond motifs is 3. The minimum absolute atomic E-state index is 0.0762. The van der Waals surface area contributed by atoms with Crippen LogP contribution in [0, 0.1) is 35.0 Å². The van der Waals surface area contributed by atoms with Gasteiger partial charge in [-0.05, 0) is 86.5 Å². The first-order valence-corrected chi connectivity index (χ1v) is 13.4. The molecule has 0 saturated heterocycles. The van der Waals surface area contributed by atoms with Crippen LogP contribution in [0.2, 0.25) is 0 Å². The SMILES string of the molecule is CO[C@@H](/C=C/[C@](C)(O)c1ccc(C)c(=O)o1)/C(C)=C1/C(=O)C[C@H]2[C@@]3(C)CCC(=O)C(C)(C)[C@@H]3CC[C@]12C. The molecule has 0 radical (unpaired) electrons. The molecule has 0 aliphatic heterocycles. The highest BCUT2D eigenvalue weighted by molar-refractivity contribution is 6.00. The lowest BCUT2D eigenvalue weighted by Gasteiger charge is -2.60. The molecule has 3 fully saturated rings. The molecule has 1 heterocycles. The molecule has 0 unspecified atom stereocenters. The van der Waals surface area contributed by atoms with E-state index in [-0.39, 0.29) is 39.6 Å². The van der Waals surface area contributed by atoms with Gasteiger partial charge in [-0.15, -0.1) is 0 Å². The molecule has 0 aromatic carbocycles. The van der Waals surface area contributed by atoms with E-state index in [0.29, 0.717) is 24.2 Å². The van der Waals surface area contributed by atoms with Crippen LogP contribution in [-0.2, 0) is 19.9 Å². The number of carbonyl (C=O) groups is 2. The number of Topliss-reactive ketones (excluding diaryl/α,β-unsaturated/α-hetero) is 2. The van der Waals surface area contributed by atoms with E-state index in [1.54, 1.807) is 45.2 Å². The monoisotopic (exact) mass is 510 g/mol. The van der Waals surface area contributed by atoms with Gasteiger partial charge in [-0.25, -0.2) is 4.79 Å². The lowest BCUT2D eigenvalue weighted by Crippen LogP contribution is -2.56. The van der Waals surface area contributed by atoms with Crippen LogP contribution in [0.3, 0.4) is 0 Å². The maximum atomic E-state index is 13.6. The van der Waals surface area contributed by atoms with Gasteiger partial charge in [0, 0.05) is 36.5 Å². The second kappa shape index (κ2) is 9.16. The predicted molar refractivity (Wildman–Crippen MR) is 142 cm³/mol. The molecule has 1 N–H and O–H groups in total. The molecule has 1 aromatic heterocycles. The smallest absolute Gasteiger partial charge is 0.338 e. The van der Waals surface area contributed by atoms with Gasteiger partial charge in [0.1, 0.15) is 17.1 Å². The van der Waals surface area contributed by atoms with E-state index in [1.165, 1.54) is 0 Å². The van der Waals surface area contributed by atoms with Crippen molar-refractivity contribution in [2.75, 3.05) is 7.11 Å². The summed E-state index contributed by atoms with van der Waals surface area (Å²) in [5.41, 5.74) is -0.587. The summed E-state index contributed by atoms with van der Waals surface area (Å²) in [5, 5.41) is 11.0. The van der Waals surface area contributed by atoms with Crippen molar-refractivity contribution in [2.24, 2.45) is 28.1 Å². The average Bonchev–Trinajstić information content (AvgIpc) is 3.09. The lowest BCUT2D eigenvalue weighted by atomic mass is 9.43. The number of ketones is 2. The summed E-state index contributed by atoms with van der Waals surface area (Å²) in [5.74, 6) is 1.09. The Labute approximate surface area is 220 Å². The number of aliphatic hydroxyl groups is 1. The van der Waals surface area contributed by atoms with Crippen molar-refractivity contribution in [3.05, 3.63) is 57.2 Å². The van der Waals surface area contributed by atoms with Crippen molar-refractivity contribution in [3.63, 3.8) is 0 Å². The molecule has 0 amide bonds. The van der Waals surface area contributed by atoms with Crippen LogP contribution in [0.5, 0.6) is 0 Å². The van der Waals surface area contributed by atoms with Crippen molar-refractivity contribution < 1.29 is 23.8 Å². The first kappa shape index (κ1) is 27.7. The summed E-state index contributed by atoms with van der Waals surface area (Å²) in [6.45, 7) is 13.9. The van der Waals surface area contributed by atoms with Gasteiger partial charge in [0.2, 0.25) is 0 Å². The van der Waals surface area contributed by atoms with E-state index in [0.717, 1.165) is 30.4 Å². The third kappa shape index (κ3) is 4.30. The minimum Gasteiger partial charge on any atom is -0.424 e. The first-order valence-electron chi connectivity index (χ1n) is 13.4. The third-order valence-corrected chi connectivity index (χ3v) is 10.2. The maximum Gasteiger partial charge on any atom is 0.338 e. The average molecular weight is 511 g/mol. The van der Waals surface area contributed by atoms with Gasteiger partial charge in [0.15, 0.2) is 5.78 Å². The molecule has 3 aliphatic carbocycles. The van der Waals surface area contributed by atoms with E-state index in [4.69, 9.17) is 9.15 Å². The highest BCUT2D eigenvalue weighted by Crippen LogP contribution is 2.68. The van der Waals surface area contributed by atoms with Crippen molar-refractivity contribution in [1.29, 1.82) is 0 Å². The van der Waals surface area contributed by atoms with Crippen molar-refractivity contribution >= 4 is 11.6 Å². The Morgan fingerprint density at radius 3 is 2.46 bits per heavy atom. The van der Waals surface area contributed by atoms with Gasteiger partial charge >= 0.3 is 5.63 Å². The first-order chi connectivity index (χ1) is 17.1. The van der Waals surface area contributed by atoms with Crippen LogP contribution in [-0.4, -0.2) is 29.9 Å². The Morgan fingerprint density at radius 1 is 1.16 bits per heavy atom. The molecule has 6 heteroatoms. The van der Waals surface area contributed by atoms with Gasteiger partial charge in [0.25, 0.3) is 0 Å². The molecule has 6 nitrogen and oxygen atoms in total. The molecule has 37 heavy (non-hydrogen) atoms. The number of carbonyl (C=O) groups excluding carboxylic acids is 2. The summed E-state index contributed by atoms with van der Waals surface area (Å²) >= 11 is 0. The highest BCUT2D eigenvalue weighted by Gasteiger charge is 2.64. The topological polar surface area (TPSA) is 93.8 Å². The van der Waals surface area contributed by atoms with Crippen LogP contribution in [0.15, 0.2) is 44.6 Å². The van der Waals surface area contributed by atoms with Crippen LogP contribution in [0.25, 0.3) is 0 Å². The summed E-state index contributed by atoms with van der Waals surface area (Å²) in [6.07, 6.45) is 6.46. The number of hydrogen-bond acceptors (Lipinski definition) is 6. The van der Waals surface area contributed by atoms with E-state index >= 15 is 0 Å². The van der Waals surface area contributed by atoms with Crippen LogP contribution in [0.4, 0.5) is 0 Å². The molecule has 3 aliphatic rings. The van der Waals surface area contributed by atoms with E-state index in [2.05, 4.69) is 27.7 Å². The highest BCUT2D eigenvalue weighted by atomic mass is 16.5. The molecule has 202 valence electrons. The third-order valence-electron chi connectivity index (χ3n) is 10.2. The molecular weight excluding hydrogens is 468 g/mol. The molecule has 0 bridgehead atoms. The van der Waals surface area contributed by atoms with Crippen molar-refractivity contribution in [2.45, 2.75) is 92.3 Å². The number of methoxy groups -OCH3 is 1. The van der Waals surface area contributed by atoms with Crippen LogP contribution in [0.1, 0.15) is 85.0 Å². The summed E-state index contributed by atoms with van der Waals surface area (Å²) in [4.78, 5) is 38.4. The Morgan fingerprint density at radius 2 is 1.84 bits per heavy atom. The zero-order valence-corrected chi connectivity index (χ0v) is 23.6. The Kier molecular flexibility index (Phi) is 6.86. The Balaban J connectivity index is 1.69. The van der Waals surface area contributed by atoms with Crippen molar-refractivity contribution in [1.82, 2.24) is 0 Å². The zero-order chi connectivity index (χ0) is 27.6. The molecule has 3 saturated carbocycles. The van der Waals surface area contributed by atoms with Gasteiger partial charge < -0.3 is 14.3 Å². The fraction of sp³-hybridized carbons (Fsp3) is 0.645. The van der Waals surface area contributed by atoms with Crippen LogP contribution < -0.4 is 5.63 Å².